The summed E-state index contributed by atoms with van der Waals surface area (Å²) in [5, 5.41) is 0. The third kappa shape index (κ3) is 11.6. The monoisotopic (exact) mass is 1210 g/mol. The van der Waals surface area contributed by atoms with Crippen LogP contribution in [0.3, 0.4) is 0 Å². The molecule has 0 bridgehead atoms. The zero-order valence-corrected chi connectivity index (χ0v) is 56.6. The van der Waals surface area contributed by atoms with Crippen LogP contribution in [0.5, 0.6) is 0 Å². The van der Waals surface area contributed by atoms with Gasteiger partial charge in [-0.05, 0) is 171 Å². The first-order valence-corrected chi connectivity index (χ1v) is 36.9. The highest BCUT2D eigenvalue weighted by Crippen LogP contribution is 2.61. The third-order valence-electron chi connectivity index (χ3n) is 21.2. The molecule has 0 saturated heterocycles. The number of amides is 2. The van der Waals surface area contributed by atoms with Crippen molar-refractivity contribution in [3.63, 3.8) is 0 Å². The van der Waals surface area contributed by atoms with E-state index in [-0.39, 0.29) is 28.1 Å². The molecule has 0 N–H and O–H groups in total. The summed E-state index contributed by atoms with van der Waals surface area (Å²) in [6.07, 6.45) is 43.8. The van der Waals surface area contributed by atoms with E-state index in [1.54, 1.807) is 0 Å². The molecule has 0 unspecified atom stereocenters. The van der Waals surface area contributed by atoms with E-state index in [9.17, 15) is 0 Å². The molecule has 12 rings (SSSR count). The molecule has 0 saturated carbocycles. The standard InChI is InChI=1S/C82H100N2O2S2/c1-9-14-18-22-26-30-44-81(45-31-27-23-19-15-10-2)66-50-56(13-5)34-36-60(66)64-51-57-42-48-83-76(62(57)54-68(64)81)74-75(79(83)86)77-63-55-69-65(52-58(63)43-49-84(77)78(74)85)61-37-35-59(70-38-39-71(87-70)72-40-41-73(88-72)80(6,7)8)53-67(61)82(69,46-32-28-24-20-16-11-3)47-33-29-25-21-17-12-4/h34-43,48-55H,9-33,44-47H2,1-8H3. The van der Waals surface area contributed by atoms with E-state index >= 15 is 9.59 Å². The van der Waals surface area contributed by atoms with Gasteiger partial charge in [0.1, 0.15) is 0 Å². The van der Waals surface area contributed by atoms with Gasteiger partial charge in [0.15, 0.2) is 0 Å². The van der Waals surface area contributed by atoms with Gasteiger partial charge in [-0.15, -0.1) is 22.7 Å². The topological polar surface area (TPSA) is 40.6 Å². The maximum atomic E-state index is 15.7. The van der Waals surface area contributed by atoms with Gasteiger partial charge in [0.05, 0.1) is 22.5 Å². The predicted octanol–water partition coefficient (Wildman–Crippen LogP) is 24.3. The number of thiophene rings is 2. The lowest BCUT2D eigenvalue weighted by Gasteiger charge is -2.34. The number of hydrogen-bond acceptors (Lipinski definition) is 4. The van der Waals surface area contributed by atoms with E-state index in [0.29, 0.717) is 11.1 Å². The number of carbonyl (C=O) groups excluding carboxylic acids is 2. The fourth-order valence-corrected chi connectivity index (χ4v) is 18.5. The molecule has 2 aliphatic carbocycles. The Morgan fingerprint density at radius 1 is 0.386 bits per heavy atom. The van der Waals surface area contributed by atoms with Crippen molar-refractivity contribution in [2.24, 2.45) is 0 Å². The van der Waals surface area contributed by atoms with E-state index in [1.807, 2.05) is 44.9 Å². The summed E-state index contributed by atoms with van der Waals surface area (Å²) < 4.78 is 0. The number of rotatable bonds is 31. The quantitative estimate of drug-likeness (QED) is 0.0407. The first kappa shape index (κ1) is 62.4. The van der Waals surface area contributed by atoms with Crippen LogP contribution in [0.15, 0.2) is 108 Å². The summed E-state index contributed by atoms with van der Waals surface area (Å²) in [6, 6.07) is 34.0. The average Bonchev–Trinajstić information content (AvgIpc) is 1.65. The summed E-state index contributed by atoms with van der Waals surface area (Å²) in [5.74, 6) is -0.181. The van der Waals surface area contributed by atoms with Crippen molar-refractivity contribution < 1.29 is 9.59 Å². The smallest absolute Gasteiger partial charge is 0.265 e. The normalized spacial score (nSPS) is 16.1. The van der Waals surface area contributed by atoms with Gasteiger partial charge in [0.25, 0.3) is 11.8 Å². The molecule has 4 nitrogen and oxygen atoms in total. The van der Waals surface area contributed by atoms with E-state index in [0.717, 1.165) is 65.8 Å². The van der Waals surface area contributed by atoms with Crippen LogP contribution in [-0.2, 0) is 32.3 Å². The highest BCUT2D eigenvalue weighted by atomic mass is 32.1. The predicted molar refractivity (Wildman–Crippen MR) is 378 cm³/mol. The maximum absolute atomic E-state index is 15.7. The fraction of sp³-hybridized carbons (Fsp3) is 0.488. The Kier molecular flexibility index (Phi) is 19.1. The molecule has 0 radical (unpaired) electrons. The number of nitrogens with zero attached hydrogens (tertiary/aromatic N) is 2. The van der Waals surface area contributed by atoms with E-state index in [4.69, 9.17) is 0 Å². The number of aryl methyl sites for hydroxylation is 1. The first-order valence-electron chi connectivity index (χ1n) is 35.3. The van der Waals surface area contributed by atoms with Crippen molar-refractivity contribution in [1.29, 1.82) is 0 Å². The minimum Gasteiger partial charge on any atom is -0.282 e. The molecule has 4 aromatic carbocycles. The van der Waals surface area contributed by atoms with Gasteiger partial charge in [0.2, 0.25) is 0 Å². The number of benzene rings is 4. The molecule has 6 heterocycles. The Balaban J connectivity index is 0.974. The Labute approximate surface area is 537 Å². The molecule has 2 aromatic heterocycles. The minimum atomic E-state index is -0.214. The van der Waals surface area contributed by atoms with Gasteiger partial charge in [-0.25, -0.2) is 0 Å². The van der Waals surface area contributed by atoms with E-state index in [1.165, 1.54) is 229 Å². The third-order valence-corrected chi connectivity index (χ3v) is 24.1. The number of unbranched alkanes of at least 4 members (excludes halogenated alkanes) is 20. The molecule has 462 valence electrons. The lowest BCUT2D eigenvalue weighted by molar-refractivity contribution is -0.122. The second-order valence-corrected chi connectivity index (χ2v) is 30.4. The van der Waals surface area contributed by atoms with Gasteiger partial charge < -0.3 is 0 Å². The Bertz CT molecular complexity index is 3660. The molecule has 4 aliphatic heterocycles. The summed E-state index contributed by atoms with van der Waals surface area (Å²) in [4.78, 5) is 40.5. The van der Waals surface area contributed by atoms with E-state index < -0.39 is 0 Å². The summed E-state index contributed by atoms with van der Waals surface area (Å²) in [6.45, 7) is 18.5. The minimum absolute atomic E-state index is 0.0906. The molecule has 0 fully saturated rings. The van der Waals surface area contributed by atoms with Crippen LogP contribution in [0.4, 0.5) is 0 Å². The molecule has 6 heteroatoms. The van der Waals surface area contributed by atoms with Crippen molar-refractivity contribution in [2.45, 2.75) is 258 Å². The Hall–Kier alpha value is -5.82. The van der Waals surface area contributed by atoms with Crippen molar-refractivity contribution in [1.82, 2.24) is 9.80 Å². The van der Waals surface area contributed by atoms with Crippen LogP contribution in [-0.4, -0.2) is 21.6 Å². The molecule has 88 heavy (non-hydrogen) atoms. The number of hydrogen-bond donors (Lipinski definition) is 0. The Morgan fingerprint density at radius 2 is 0.784 bits per heavy atom. The van der Waals surface area contributed by atoms with Crippen molar-refractivity contribution in [2.75, 3.05) is 0 Å². The molecular formula is C82H100N2O2S2. The zero-order valence-electron chi connectivity index (χ0n) is 54.9. The van der Waals surface area contributed by atoms with Crippen LogP contribution in [0.1, 0.15) is 290 Å². The maximum Gasteiger partial charge on any atom is 0.265 e. The van der Waals surface area contributed by atoms with Gasteiger partial charge in [0, 0.05) is 53.9 Å². The first-order chi connectivity index (χ1) is 42.9. The van der Waals surface area contributed by atoms with Crippen molar-refractivity contribution in [3.8, 4) is 42.4 Å². The van der Waals surface area contributed by atoms with Crippen LogP contribution in [0, 0.1) is 0 Å². The molecule has 6 aromatic rings. The second kappa shape index (κ2) is 26.9. The number of carbonyl (C=O) groups is 2. The van der Waals surface area contributed by atoms with Crippen LogP contribution < -0.4 is 0 Å². The molecular weight excluding hydrogens is 1110 g/mol. The van der Waals surface area contributed by atoms with Gasteiger partial charge >= 0.3 is 0 Å². The Morgan fingerprint density at radius 3 is 1.23 bits per heavy atom. The molecule has 0 atom stereocenters. The van der Waals surface area contributed by atoms with Crippen LogP contribution in [0.25, 0.3) is 66.0 Å². The molecule has 2 amide bonds. The highest BCUT2D eigenvalue weighted by molar-refractivity contribution is 7.24. The van der Waals surface area contributed by atoms with Crippen molar-refractivity contribution in [3.05, 3.63) is 163 Å². The van der Waals surface area contributed by atoms with Crippen LogP contribution in [0.2, 0.25) is 0 Å². The fourth-order valence-electron chi connectivity index (χ4n) is 16.3. The molecule has 6 aliphatic rings. The van der Waals surface area contributed by atoms with Gasteiger partial charge in [-0.3, -0.25) is 19.4 Å². The lowest BCUT2D eigenvalue weighted by Crippen LogP contribution is -2.28. The summed E-state index contributed by atoms with van der Waals surface area (Å²) in [5.41, 5.74) is 20.5. The van der Waals surface area contributed by atoms with Gasteiger partial charge in [-0.2, -0.15) is 0 Å². The summed E-state index contributed by atoms with van der Waals surface area (Å²) in [7, 11) is 0. The zero-order chi connectivity index (χ0) is 61.2. The SMILES string of the molecule is CCCCCCCCC1(CCCCCCCC)c2cc(CC)ccc2-c2cc3c(cc21)C1=C2C(=O)N4C=Cc5cc6c(cc5C4=C2C(=O)N1C=C3)C(CCCCCCCC)(CCCCCCCC)c1cc(-c2ccc(-c3ccc(C(C)(C)C)s3)s2)ccc1-6. The average molecular weight is 1210 g/mol. The second-order valence-electron chi connectivity index (χ2n) is 28.2. The molecule has 0 spiro atoms. The number of fused-ring (bicyclic) bond motifs is 13. The summed E-state index contributed by atoms with van der Waals surface area (Å²) >= 11 is 3.85. The van der Waals surface area contributed by atoms with Crippen molar-refractivity contribution >= 4 is 58.0 Å². The van der Waals surface area contributed by atoms with Crippen LogP contribution >= 0.6 is 22.7 Å². The van der Waals surface area contributed by atoms with E-state index in [2.05, 4.69) is 152 Å². The lowest BCUT2D eigenvalue weighted by atomic mass is 9.69. The largest absolute Gasteiger partial charge is 0.282 e. The highest BCUT2D eigenvalue weighted by Gasteiger charge is 2.52. The van der Waals surface area contributed by atoms with Gasteiger partial charge in [-0.1, -0.05) is 240 Å².